The number of carbonyl (C=O) groups excluding carboxylic acids is 1. The van der Waals surface area contributed by atoms with E-state index in [1.54, 1.807) is 22.3 Å². The highest BCUT2D eigenvalue weighted by atomic mass is 32.1. The monoisotopic (exact) mass is 337 g/mol. The Kier molecular flexibility index (Phi) is 4.61. The fourth-order valence-corrected chi connectivity index (χ4v) is 4.02. The van der Waals surface area contributed by atoms with Crippen molar-refractivity contribution in [1.82, 2.24) is 14.8 Å². The van der Waals surface area contributed by atoms with Crippen molar-refractivity contribution in [3.05, 3.63) is 29.0 Å². The number of carbonyl (C=O) groups is 1. The number of rotatable bonds is 3. The van der Waals surface area contributed by atoms with Crippen molar-refractivity contribution in [2.24, 2.45) is 0 Å². The molecule has 1 aromatic heterocycles. The van der Waals surface area contributed by atoms with E-state index in [1.807, 2.05) is 6.92 Å². The summed E-state index contributed by atoms with van der Waals surface area (Å²) < 4.78 is 14.2. The average Bonchev–Trinajstić information content (AvgIpc) is 2.91. The molecule has 0 aliphatic carbocycles. The fourth-order valence-electron chi connectivity index (χ4n) is 3.05. The van der Waals surface area contributed by atoms with Crippen LogP contribution < -0.4 is 0 Å². The molecule has 0 radical (unpaired) electrons. The molecule has 1 aliphatic heterocycles. The Morgan fingerprint density at radius 1 is 1.39 bits per heavy atom. The molecule has 1 saturated heterocycles. The Bertz CT molecular complexity index is 720. The third kappa shape index (κ3) is 3.36. The molecule has 2 aromatic rings. The number of piperazine rings is 1. The van der Waals surface area contributed by atoms with Gasteiger partial charge in [0.2, 0.25) is 5.91 Å². The third-order valence-corrected chi connectivity index (χ3v) is 5.32. The molecule has 0 saturated carbocycles. The van der Waals surface area contributed by atoms with Crippen LogP contribution in [0.25, 0.3) is 10.2 Å². The smallest absolute Gasteiger partial charge is 0.248 e. The summed E-state index contributed by atoms with van der Waals surface area (Å²) in [5, 5.41) is 10.0. The quantitative estimate of drug-likeness (QED) is 0.929. The molecule has 3 rings (SSSR count). The third-order valence-electron chi connectivity index (χ3n) is 4.30. The lowest BCUT2D eigenvalue weighted by molar-refractivity contribution is -0.140. The Balaban J connectivity index is 1.73. The van der Waals surface area contributed by atoms with E-state index in [-0.39, 0.29) is 23.8 Å². The molecule has 1 aromatic carbocycles. The Morgan fingerprint density at radius 2 is 2.17 bits per heavy atom. The normalized spacial score (nSPS) is 22.7. The summed E-state index contributed by atoms with van der Waals surface area (Å²) in [6.45, 7) is 5.63. The zero-order chi connectivity index (χ0) is 16.6. The summed E-state index contributed by atoms with van der Waals surface area (Å²) in [4.78, 5) is 20.3. The first kappa shape index (κ1) is 16.3. The van der Waals surface area contributed by atoms with Crippen LogP contribution in [0.1, 0.15) is 18.9 Å². The van der Waals surface area contributed by atoms with E-state index in [9.17, 15) is 9.18 Å². The van der Waals surface area contributed by atoms with E-state index < -0.39 is 6.61 Å². The first-order chi connectivity index (χ1) is 11.0. The van der Waals surface area contributed by atoms with Gasteiger partial charge in [-0.1, -0.05) is 0 Å². The van der Waals surface area contributed by atoms with Gasteiger partial charge in [-0.3, -0.25) is 9.69 Å². The van der Waals surface area contributed by atoms with Crippen LogP contribution in [-0.4, -0.2) is 57.6 Å². The maximum Gasteiger partial charge on any atom is 0.248 e. The average molecular weight is 337 g/mol. The van der Waals surface area contributed by atoms with Crippen molar-refractivity contribution >= 4 is 27.5 Å². The van der Waals surface area contributed by atoms with Gasteiger partial charge in [0.1, 0.15) is 17.4 Å². The number of hydrogen-bond acceptors (Lipinski definition) is 5. The summed E-state index contributed by atoms with van der Waals surface area (Å²) in [7, 11) is 0. The molecule has 7 heteroatoms. The molecule has 1 fully saturated rings. The largest absolute Gasteiger partial charge is 0.387 e. The van der Waals surface area contributed by atoms with Gasteiger partial charge in [0.15, 0.2) is 0 Å². The molecular weight excluding hydrogens is 317 g/mol. The second kappa shape index (κ2) is 6.51. The van der Waals surface area contributed by atoms with E-state index in [4.69, 9.17) is 5.11 Å². The van der Waals surface area contributed by atoms with E-state index >= 15 is 0 Å². The summed E-state index contributed by atoms with van der Waals surface area (Å²) >= 11 is 1.57. The molecule has 0 spiro atoms. The van der Waals surface area contributed by atoms with Gasteiger partial charge >= 0.3 is 0 Å². The molecule has 1 unspecified atom stereocenters. The lowest BCUT2D eigenvalue weighted by Gasteiger charge is -2.43. The first-order valence-corrected chi connectivity index (χ1v) is 8.49. The van der Waals surface area contributed by atoms with Gasteiger partial charge in [0, 0.05) is 31.2 Å². The number of nitrogens with zero attached hydrogens (tertiary/aromatic N) is 3. The molecule has 1 amide bonds. The van der Waals surface area contributed by atoms with E-state index in [1.165, 1.54) is 12.1 Å². The molecule has 2 atom stereocenters. The highest BCUT2D eigenvalue weighted by molar-refractivity contribution is 7.18. The van der Waals surface area contributed by atoms with Gasteiger partial charge in [0.25, 0.3) is 0 Å². The summed E-state index contributed by atoms with van der Waals surface area (Å²) in [5.41, 5.74) is 0.694. The van der Waals surface area contributed by atoms with Gasteiger partial charge < -0.3 is 10.0 Å². The van der Waals surface area contributed by atoms with Crippen LogP contribution >= 0.6 is 11.3 Å². The maximum absolute atomic E-state index is 13.3. The predicted octanol–water partition coefficient (Wildman–Crippen LogP) is 1.85. The van der Waals surface area contributed by atoms with Gasteiger partial charge in [-0.15, -0.1) is 11.3 Å². The topological polar surface area (TPSA) is 56.7 Å². The molecule has 1 aliphatic rings. The Hall–Kier alpha value is -1.57. The van der Waals surface area contributed by atoms with Crippen LogP contribution in [0.2, 0.25) is 0 Å². The molecule has 2 heterocycles. The summed E-state index contributed by atoms with van der Waals surface area (Å²) in [6, 6.07) is 4.91. The van der Waals surface area contributed by atoms with E-state index in [2.05, 4.69) is 16.8 Å². The number of fused-ring (bicyclic) bond motifs is 1. The first-order valence-electron chi connectivity index (χ1n) is 7.67. The van der Waals surface area contributed by atoms with Gasteiger partial charge in [-0.2, -0.15) is 0 Å². The van der Waals surface area contributed by atoms with Crippen molar-refractivity contribution in [3.63, 3.8) is 0 Å². The SMILES string of the molecule is CC1CN(Cc2nc3cc(F)ccc3s2)[C@@H](C)CN1C(=O)CO. The van der Waals surface area contributed by atoms with Crippen LogP contribution in [0.15, 0.2) is 18.2 Å². The van der Waals surface area contributed by atoms with E-state index in [0.717, 1.165) is 16.3 Å². The fraction of sp³-hybridized carbons (Fsp3) is 0.500. The number of hydrogen-bond donors (Lipinski definition) is 1. The lowest BCUT2D eigenvalue weighted by Crippen LogP contribution is -2.58. The zero-order valence-electron chi connectivity index (χ0n) is 13.2. The number of thiazole rings is 1. The standard InChI is InChI=1S/C16H20FN3O2S/c1-10-7-20(16(22)9-21)11(2)6-19(10)8-15-18-13-5-12(17)3-4-14(13)23-15/h3-5,10-11,21H,6-9H2,1-2H3/t10-,11?/m0/s1. The van der Waals surface area contributed by atoms with Crippen molar-refractivity contribution < 1.29 is 14.3 Å². The molecule has 1 N–H and O–H groups in total. The molecule has 5 nitrogen and oxygen atoms in total. The summed E-state index contributed by atoms with van der Waals surface area (Å²) in [5.74, 6) is -0.494. The highest BCUT2D eigenvalue weighted by Gasteiger charge is 2.31. The van der Waals surface area contributed by atoms with Crippen LogP contribution in [-0.2, 0) is 11.3 Å². The molecule has 124 valence electrons. The van der Waals surface area contributed by atoms with Crippen molar-refractivity contribution in [2.45, 2.75) is 32.5 Å². The molecule has 0 bridgehead atoms. The highest BCUT2D eigenvalue weighted by Crippen LogP contribution is 2.25. The number of amides is 1. The predicted molar refractivity (Wildman–Crippen MR) is 87.7 cm³/mol. The zero-order valence-corrected chi connectivity index (χ0v) is 14.0. The second-order valence-corrected chi connectivity index (χ2v) is 7.17. The van der Waals surface area contributed by atoms with Gasteiger partial charge in [0.05, 0.1) is 16.8 Å². The van der Waals surface area contributed by atoms with Gasteiger partial charge in [-0.05, 0) is 26.0 Å². The van der Waals surface area contributed by atoms with Crippen LogP contribution in [0.4, 0.5) is 4.39 Å². The van der Waals surface area contributed by atoms with Gasteiger partial charge in [-0.25, -0.2) is 9.37 Å². The maximum atomic E-state index is 13.3. The lowest BCUT2D eigenvalue weighted by atomic mass is 10.1. The minimum atomic E-state index is -0.444. The van der Waals surface area contributed by atoms with Crippen molar-refractivity contribution in [3.8, 4) is 0 Å². The second-order valence-electron chi connectivity index (χ2n) is 6.05. The molecular formula is C16H20FN3O2S. The van der Waals surface area contributed by atoms with E-state index in [0.29, 0.717) is 18.6 Å². The van der Waals surface area contributed by atoms with Crippen molar-refractivity contribution in [1.29, 1.82) is 0 Å². The number of aromatic nitrogens is 1. The van der Waals surface area contributed by atoms with Crippen LogP contribution in [0.5, 0.6) is 0 Å². The number of aliphatic hydroxyl groups is 1. The Labute approximate surface area is 138 Å². The minimum absolute atomic E-state index is 0.0534. The Morgan fingerprint density at radius 3 is 2.91 bits per heavy atom. The minimum Gasteiger partial charge on any atom is -0.387 e. The number of aliphatic hydroxyl groups excluding tert-OH is 1. The number of halogens is 1. The van der Waals surface area contributed by atoms with Crippen LogP contribution in [0.3, 0.4) is 0 Å². The summed E-state index contributed by atoms with van der Waals surface area (Å²) in [6.07, 6.45) is 0. The molecule has 23 heavy (non-hydrogen) atoms. The van der Waals surface area contributed by atoms with Crippen LogP contribution in [0, 0.1) is 5.82 Å². The number of benzene rings is 1. The van der Waals surface area contributed by atoms with Crippen molar-refractivity contribution in [2.75, 3.05) is 19.7 Å².